The Morgan fingerprint density at radius 1 is 1.40 bits per heavy atom. The van der Waals surface area contributed by atoms with Gasteiger partial charge in [0.1, 0.15) is 5.82 Å². The molecule has 0 aliphatic heterocycles. The van der Waals surface area contributed by atoms with Crippen molar-refractivity contribution >= 4 is 17.2 Å². The molecular weight excluding hydrogens is 190 g/mol. The van der Waals surface area contributed by atoms with Crippen molar-refractivity contribution in [1.82, 2.24) is 14.8 Å². The molecule has 5 nitrogen and oxygen atoms in total. The first-order valence-corrected chi connectivity index (χ1v) is 4.64. The zero-order chi connectivity index (χ0) is 10.8. The maximum absolute atomic E-state index is 5.72. The van der Waals surface area contributed by atoms with E-state index in [-0.39, 0.29) is 0 Å². The molecule has 0 amide bonds. The summed E-state index contributed by atoms with van der Waals surface area (Å²) in [6, 6.07) is 3.72. The molecule has 5 heteroatoms. The molecule has 0 aliphatic carbocycles. The van der Waals surface area contributed by atoms with Crippen LogP contribution in [0.15, 0.2) is 24.5 Å². The van der Waals surface area contributed by atoms with Crippen LogP contribution in [0.5, 0.6) is 0 Å². The number of nitrogen functional groups attached to an aromatic ring is 1. The summed E-state index contributed by atoms with van der Waals surface area (Å²) >= 11 is 0. The number of nitrogens with zero attached hydrogens (tertiary/aromatic N) is 3. The van der Waals surface area contributed by atoms with Crippen molar-refractivity contribution < 1.29 is 0 Å². The number of nitrogens with two attached hydrogens (primary N) is 1. The number of pyridine rings is 1. The van der Waals surface area contributed by atoms with E-state index in [1.54, 1.807) is 10.9 Å². The molecule has 0 spiro atoms. The van der Waals surface area contributed by atoms with Gasteiger partial charge in [-0.2, -0.15) is 5.10 Å². The number of nitrogens with one attached hydrogen (secondary N) is 1. The van der Waals surface area contributed by atoms with Crippen LogP contribution in [-0.2, 0) is 7.05 Å². The topological polar surface area (TPSA) is 68.8 Å². The fraction of sp³-hybridized carbons (Fsp3) is 0.200. The van der Waals surface area contributed by atoms with Crippen molar-refractivity contribution in [3.63, 3.8) is 0 Å². The van der Waals surface area contributed by atoms with Crippen LogP contribution in [-0.4, -0.2) is 14.8 Å². The molecule has 0 radical (unpaired) electrons. The molecule has 0 aliphatic rings. The highest BCUT2D eigenvalue weighted by atomic mass is 15.3. The van der Waals surface area contributed by atoms with Gasteiger partial charge < -0.3 is 11.1 Å². The van der Waals surface area contributed by atoms with Gasteiger partial charge in [-0.3, -0.25) is 4.68 Å². The minimum absolute atomic E-state index is 0.487. The first-order chi connectivity index (χ1) is 7.16. The van der Waals surface area contributed by atoms with Gasteiger partial charge in [-0.1, -0.05) is 0 Å². The number of hydrogen-bond donors (Lipinski definition) is 2. The van der Waals surface area contributed by atoms with Gasteiger partial charge in [0.25, 0.3) is 0 Å². The average molecular weight is 203 g/mol. The molecule has 2 aromatic rings. The van der Waals surface area contributed by atoms with Crippen LogP contribution in [0, 0.1) is 6.92 Å². The van der Waals surface area contributed by atoms with E-state index in [1.165, 1.54) is 0 Å². The Hall–Kier alpha value is -2.04. The quantitative estimate of drug-likeness (QED) is 0.775. The first kappa shape index (κ1) is 9.51. The molecule has 0 unspecified atom stereocenters. The van der Waals surface area contributed by atoms with Gasteiger partial charge in [0.2, 0.25) is 0 Å². The van der Waals surface area contributed by atoms with E-state index in [1.807, 2.05) is 32.3 Å². The second-order valence-electron chi connectivity index (χ2n) is 3.36. The van der Waals surface area contributed by atoms with E-state index >= 15 is 0 Å². The fourth-order valence-electron chi connectivity index (χ4n) is 1.39. The third kappa shape index (κ3) is 1.90. The van der Waals surface area contributed by atoms with Crippen LogP contribution in [0.3, 0.4) is 0 Å². The van der Waals surface area contributed by atoms with Crippen LogP contribution in [0.2, 0.25) is 0 Å². The smallest absolute Gasteiger partial charge is 0.147 e. The van der Waals surface area contributed by atoms with Crippen LogP contribution >= 0.6 is 0 Å². The maximum atomic E-state index is 5.72. The Labute approximate surface area is 87.9 Å². The van der Waals surface area contributed by atoms with E-state index in [4.69, 9.17) is 5.73 Å². The molecule has 0 bridgehead atoms. The minimum atomic E-state index is 0.487. The lowest BCUT2D eigenvalue weighted by Gasteiger charge is -2.06. The zero-order valence-electron chi connectivity index (χ0n) is 8.73. The van der Waals surface area contributed by atoms with Crippen molar-refractivity contribution in [2.24, 2.45) is 7.05 Å². The molecular formula is C10H13N5. The van der Waals surface area contributed by atoms with Crippen molar-refractivity contribution in [2.45, 2.75) is 6.92 Å². The monoisotopic (exact) mass is 203 g/mol. The summed E-state index contributed by atoms with van der Waals surface area (Å²) in [6.07, 6.45) is 3.57. The van der Waals surface area contributed by atoms with Gasteiger partial charge in [0, 0.05) is 19.4 Å². The zero-order valence-corrected chi connectivity index (χ0v) is 8.73. The summed E-state index contributed by atoms with van der Waals surface area (Å²) in [6.45, 7) is 1.94. The van der Waals surface area contributed by atoms with Gasteiger partial charge in [-0.05, 0) is 19.1 Å². The summed E-state index contributed by atoms with van der Waals surface area (Å²) < 4.78 is 1.75. The number of anilines is 3. The molecule has 0 atom stereocenters. The molecule has 2 aromatic heterocycles. The predicted octanol–water partition coefficient (Wildman–Crippen LogP) is 1.45. The highest BCUT2D eigenvalue weighted by molar-refractivity contribution is 5.69. The SMILES string of the molecule is Cc1nn(C)cc1Nc1cccnc1N. The first-order valence-electron chi connectivity index (χ1n) is 4.64. The molecule has 0 fully saturated rings. The predicted molar refractivity (Wildman–Crippen MR) is 59.9 cm³/mol. The standard InChI is InChI=1S/C10H13N5/c1-7-9(6-15(2)14-7)13-8-4-3-5-12-10(8)11/h3-6,13H,1-2H3,(H2,11,12). The van der Waals surface area contributed by atoms with Crippen molar-refractivity contribution in [3.05, 3.63) is 30.2 Å². The van der Waals surface area contributed by atoms with Crippen LogP contribution in [0.1, 0.15) is 5.69 Å². The van der Waals surface area contributed by atoms with Gasteiger partial charge in [0.15, 0.2) is 0 Å². The maximum Gasteiger partial charge on any atom is 0.147 e. The molecule has 15 heavy (non-hydrogen) atoms. The number of aryl methyl sites for hydroxylation is 2. The van der Waals surface area contributed by atoms with E-state index < -0.39 is 0 Å². The Kier molecular flexibility index (Phi) is 2.29. The molecule has 0 saturated heterocycles. The Bertz CT molecular complexity index is 474. The third-order valence-electron chi connectivity index (χ3n) is 2.12. The number of rotatable bonds is 2. The van der Waals surface area contributed by atoms with E-state index in [2.05, 4.69) is 15.4 Å². The average Bonchev–Trinajstić information content (AvgIpc) is 2.49. The largest absolute Gasteiger partial charge is 0.382 e. The highest BCUT2D eigenvalue weighted by Gasteiger charge is 2.05. The molecule has 0 saturated carbocycles. The van der Waals surface area contributed by atoms with Crippen molar-refractivity contribution in [1.29, 1.82) is 0 Å². The Morgan fingerprint density at radius 2 is 2.20 bits per heavy atom. The Morgan fingerprint density at radius 3 is 2.80 bits per heavy atom. The molecule has 2 rings (SSSR count). The van der Waals surface area contributed by atoms with E-state index in [9.17, 15) is 0 Å². The summed E-state index contributed by atoms with van der Waals surface area (Å²) in [5.41, 5.74) is 8.40. The van der Waals surface area contributed by atoms with E-state index in [0.717, 1.165) is 17.1 Å². The number of aromatic nitrogens is 3. The van der Waals surface area contributed by atoms with Crippen LogP contribution < -0.4 is 11.1 Å². The second-order valence-corrected chi connectivity index (χ2v) is 3.36. The van der Waals surface area contributed by atoms with Crippen molar-refractivity contribution in [3.8, 4) is 0 Å². The van der Waals surface area contributed by atoms with Gasteiger partial charge in [-0.15, -0.1) is 0 Å². The summed E-state index contributed by atoms with van der Waals surface area (Å²) in [5, 5.41) is 7.42. The lowest BCUT2D eigenvalue weighted by Crippen LogP contribution is -1.98. The lowest BCUT2D eigenvalue weighted by molar-refractivity contribution is 0.756. The van der Waals surface area contributed by atoms with Crippen LogP contribution in [0.4, 0.5) is 17.2 Å². The summed E-state index contributed by atoms with van der Waals surface area (Å²) in [7, 11) is 1.88. The lowest BCUT2D eigenvalue weighted by atomic mass is 10.3. The second kappa shape index (κ2) is 3.61. The van der Waals surface area contributed by atoms with Gasteiger partial charge in [-0.25, -0.2) is 4.98 Å². The van der Waals surface area contributed by atoms with E-state index in [0.29, 0.717) is 5.82 Å². The summed E-state index contributed by atoms with van der Waals surface area (Å²) in [5.74, 6) is 0.487. The van der Waals surface area contributed by atoms with Gasteiger partial charge in [0.05, 0.1) is 17.1 Å². The number of hydrogen-bond acceptors (Lipinski definition) is 4. The van der Waals surface area contributed by atoms with Crippen molar-refractivity contribution in [2.75, 3.05) is 11.1 Å². The van der Waals surface area contributed by atoms with Gasteiger partial charge >= 0.3 is 0 Å². The molecule has 0 aromatic carbocycles. The molecule has 78 valence electrons. The third-order valence-corrected chi connectivity index (χ3v) is 2.12. The minimum Gasteiger partial charge on any atom is -0.382 e. The normalized spacial score (nSPS) is 10.3. The fourth-order valence-corrected chi connectivity index (χ4v) is 1.39. The highest BCUT2D eigenvalue weighted by Crippen LogP contribution is 2.22. The van der Waals surface area contributed by atoms with Crippen LogP contribution in [0.25, 0.3) is 0 Å². The summed E-state index contributed by atoms with van der Waals surface area (Å²) in [4.78, 5) is 4.00. The molecule has 2 heterocycles. The Balaban J connectivity index is 2.29. The molecule has 3 N–H and O–H groups in total.